The normalized spacial score (nSPS) is 11.5. The van der Waals surface area contributed by atoms with Crippen LogP contribution in [0.25, 0.3) is 0 Å². The first kappa shape index (κ1) is 12.4. The number of aromatic amines is 2. The minimum atomic E-state index is -0.459. The monoisotopic (exact) mass is 244 g/mol. The lowest BCUT2D eigenvalue weighted by Crippen LogP contribution is -2.24. The third-order valence-electron chi connectivity index (χ3n) is 2.84. The largest absolute Gasteiger partial charge is 0.325 e. The van der Waals surface area contributed by atoms with Gasteiger partial charge in [-0.3, -0.25) is 9.78 Å². The van der Waals surface area contributed by atoms with E-state index in [2.05, 4.69) is 34.2 Å². The number of fused-ring (bicyclic) bond motifs is 1. The Hall–Kier alpha value is -2.10. The fourth-order valence-corrected chi connectivity index (χ4v) is 1.69. The molecular formula is C14H16N2O2. The molecule has 4 nitrogen and oxygen atoms in total. The van der Waals surface area contributed by atoms with Crippen LogP contribution in [0.3, 0.4) is 0 Å². The Labute approximate surface area is 105 Å². The first-order chi connectivity index (χ1) is 8.58. The van der Waals surface area contributed by atoms with Crippen molar-refractivity contribution >= 4 is 0 Å². The third-order valence-corrected chi connectivity index (χ3v) is 2.84. The van der Waals surface area contributed by atoms with Crippen molar-refractivity contribution in [1.82, 2.24) is 9.97 Å². The first-order valence-corrected chi connectivity index (χ1v) is 5.96. The number of rotatable bonds is 1. The number of hydrogen-bond donors (Lipinski definition) is 2. The van der Waals surface area contributed by atoms with E-state index in [0.29, 0.717) is 5.56 Å². The molecule has 2 aromatic rings. The average molecular weight is 244 g/mol. The molecule has 4 heteroatoms. The van der Waals surface area contributed by atoms with Gasteiger partial charge in [0, 0.05) is 11.8 Å². The molecule has 0 saturated carbocycles. The number of H-pyrrole nitrogens is 2. The smallest absolute Gasteiger partial charge is 0.314 e. The number of benzene rings is 1. The van der Waals surface area contributed by atoms with E-state index in [1.54, 1.807) is 0 Å². The minimum absolute atomic E-state index is 0.135. The van der Waals surface area contributed by atoms with Crippen molar-refractivity contribution in [2.75, 3.05) is 0 Å². The van der Waals surface area contributed by atoms with E-state index < -0.39 is 5.69 Å². The maximum atomic E-state index is 11.0. The van der Waals surface area contributed by atoms with Gasteiger partial charge in [-0.15, -0.1) is 0 Å². The molecule has 1 aliphatic rings. The van der Waals surface area contributed by atoms with E-state index >= 15 is 0 Å². The summed E-state index contributed by atoms with van der Waals surface area (Å²) >= 11 is 0. The predicted molar refractivity (Wildman–Crippen MR) is 71.0 cm³/mol. The maximum absolute atomic E-state index is 11.0. The van der Waals surface area contributed by atoms with E-state index in [-0.39, 0.29) is 11.5 Å². The van der Waals surface area contributed by atoms with E-state index in [1.165, 1.54) is 23.7 Å². The van der Waals surface area contributed by atoms with Gasteiger partial charge < -0.3 is 4.98 Å². The standard InChI is InChI=1S/C7H10N2O2.C7H6/c1-4(2)5-3-8-7(11)9-6(5)10;1-2-4-7-5-6(7)3-1/h3-4H,1-2H3,(H2,8,9,10,11);1-4H,5H2. The molecule has 0 unspecified atom stereocenters. The zero-order valence-corrected chi connectivity index (χ0v) is 10.5. The van der Waals surface area contributed by atoms with Crippen LogP contribution in [0.1, 0.15) is 36.5 Å². The van der Waals surface area contributed by atoms with E-state index in [4.69, 9.17) is 0 Å². The van der Waals surface area contributed by atoms with Crippen molar-refractivity contribution in [3.63, 3.8) is 0 Å². The summed E-state index contributed by atoms with van der Waals surface area (Å²) in [5, 5.41) is 0. The Bertz CT molecular complexity index is 632. The quantitative estimate of drug-likeness (QED) is 0.685. The fraction of sp³-hybridized carbons (Fsp3) is 0.286. The topological polar surface area (TPSA) is 65.7 Å². The van der Waals surface area contributed by atoms with Gasteiger partial charge in [-0.1, -0.05) is 38.1 Å². The lowest BCUT2D eigenvalue weighted by atomic mass is 10.1. The summed E-state index contributed by atoms with van der Waals surface area (Å²) in [6.07, 6.45) is 2.69. The molecular weight excluding hydrogens is 228 g/mol. The summed E-state index contributed by atoms with van der Waals surface area (Å²) in [5.41, 5.74) is 2.90. The second-order valence-corrected chi connectivity index (χ2v) is 4.63. The molecule has 1 heterocycles. The highest BCUT2D eigenvalue weighted by Gasteiger charge is 2.12. The molecule has 0 fully saturated rings. The second kappa shape index (κ2) is 5.04. The zero-order valence-electron chi connectivity index (χ0n) is 10.5. The molecule has 94 valence electrons. The van der Waals surface area contributed by atoms with Crippen molar-refractivity contribution in [3.8, 4) is 0 Å². The predicted octanol–water partition coefficient (Wildman–Crippen LogP) is 1.78. The second-order valence-electron chi connectivity index (χ2n) is 4.63. The molecule has 0 radical (unpaired) electrons. The Morgan fingerprint density at radius 1 is 1.11 bits per heavy atom. The Morgan fingerprint density at radius 3 is 2.17 bits per heavy atom. The van der Waals surface area contributed by atoms with Crippen LogP contribution < -0.4 is 11.2 Å². The van der Waals surface area contributed by atoms with Crippen LogP contribution in [0, 0.1) is 0 Å². The van der Waals surface area contributed by atoms with Gasteiger partial charge in [-0.05, 0) is 23.5 Å². The van der Waals surface area contributed by atoms with Crippen LogP contribution in [0.2, 0.25) is 0 Å². The van der Waals surface area contributed by atoms with Crippen LogP contribution in [-0.2, 0) is 6.42 Å². The highest BCUT2D eigenvalue weighted by molar-refractivity contribution is 5.44. The molecule has 0 aliphatic heterocycles. The third kappa shape index (κ3) is 2.97. The van der Waals surface area contributed by atoms with Gasteiger partial charge in [-0.2, -0.15) is 0 Å². The summed E-state index contributed by atoms with van der Waals surface area (Å²) in [7, 11) is 0. The van der Waals surface area contributed by atoms with Gasteiger partial charge in [-0.25, -0.2) is 4.79 Å². The molecule has 18 heavy (non-hydrogen) atoms. The molecule has 2 N–H and O–H groups in total. The molecule has 1 aliphatic carbocycles. The van der Waals surface area contributed by atoms with Crippen molar-refractivity contribution in [2.24, 2.45) is 0 Å². The van der Waals surface area contributed by atoms with Gasteiger partial charge in [0.2, 0.25) is 0 Å². The molecule has 0 spiro atoms. The minimum Gasteiger partial charge on any atom is -0.314 e. The van der Waals surface area contributed by atoms with Gasteiger partial charge in [0.1, 0.15) is 0 Å². The van der Waals surface area contributed by atoms with Gasteiger partial charge >= 0.3 is 5.69 Å². The molecule has 0 atom stereocenters. The van der Waals surface area contributed by atoms with Gasteiger partial charge in [0.25, 0.3) is 5.56 Å². The number of hydrogen-bond acceptors (Lipinski definition) is 2. The molecule has 0 bridgehead atoms. The van der Waals surface area contributed by atoms with E-state index in [0.717, 1.165) is 0 Å². The van der Waals surface area contributed by atoms with Crippen LogP contribution in [-0.4, -0.2) is 9.97 Å². The molecule has 1 aromatic carbocycles. The SMILES string of the molecule is CC(C)c1c[nH]c(=O)[nH]c1=O.c1ccc2c(c1)C2. The Morgan fingerprint density at radius 2 is 1.72 bits per heavy atom. The van der Waals surface area contributed by atoms with Crippen LogP contribution >= 0.6 is 0 Å². The maximum Gasteiger partial charge on any atom is 0.325 e. The highest BCUT2D eigenvalue weighted by Crippen LogP contribution is 2.25. The van der Waals surface area contributed by atoms with Crippen LogP contribution in [0.15, 0.2) is 40.1 Å². The lowest BCUT2D eigenvalue weighted by molar-refractivity contribution is 0.820. The van der Waals surface area contributed by atoms with Crippen molar-refractivity contribution in [3.05, 3.63) is 68.0 Å². The Kier molecular flexibility index (Phi) is 3.46. The molecule has 0 saturated heterocycles. The highest BCUT2D eigenvalue weighted by atomic mass is 16.2. The molecule has 1 aromatic heterocycles. The van der Waals surface area contributed by atoms with Crippen molar-refractivity contribution in [1.29, 1.82) is 0 Å². The van der Waals surface area contributed by atoms with Crippen LogP contribution in [0.4, 0.5) is 0 Å². The first-order valence-electron chi connectivity index (χ1n) is 5.96. The van der Waals surface area contributed by atoms with E-state index in [9.17, 15) is 9.59 Å². The van der Waals surface area contributed by atoms with Gasteiger partial charge in [0.05, 0.1) is 0 Å². The van der Waals surface area contributed by atoms with E-state index in [1.807, 2.05) is 13.8 Å². The summed E-state index contributed by atoms with van der Waals surface area (Å²) in [6.45, 7) is 3.78. The summed E-state index contributed by atoms with van der Waals surface area (Å²) in [4.78, 5) is 26.1. The van der Waals surface area contributed by atoms with Crippen LogP contribution in [0.5, 0.6) is 0 Å². The lowest BCUT2D eigenvalue weighted by Gasteiger charge is -2.00. The average Bonchev–Trinajstić information content (AvgIpc) is 3.07. The molecule has 0 amide bonds. The number of nitrogens with one attached hydrogen (secondary N) is 2. The van der Waals surface area contributed by atoms with Crippen molar-refractivity contribution < 1.29 is 0 Å². The summed E-state index contributed by atoms with van der Waals surface area (Å²) in [5.74, 6) is 0.135. The van der Waals surface area contributed by atoms with Crippen molar-refractivity contribution in [2.45, 2.75) is 26.2 Å². The summed E-state index contributed by atoms with van der Waals surface area (Å²) in [6, 6.07) is 8.53. The van der Waals surface area contributed by atoms with Gasteiger partial charge in [0.15, 0.2) is 0 Å². The molecule has 3 rings (SSSR count). The zero-order chi connectivity index (χ0) is 13.1. The fourth-order valence-electron chi connectivity index (χ4n) is 1.69. The number of aromatic nitrogens is 2. The summed E-state index contributed by atoms with van der Waals surface area (Å²) < 4.78 is 0. The Balaban J connectivity index is 0.000000146.